The molecule has 1 amide bonds. The van der Waals surface area contributed by atoms with E-state index in [1.54, 1.807) is 25.3 Å². The van der Waals surface area contributed by atoms with E-state index in [1.807, 2.05) is 41.8 Å². The molecule has 6 heteroatoms. The van der Waals surface area contributed by atoms with Gasteiger partial charge in [0.25, 0.3) is 5.91 Å². The van der Waals surface area contributed by atoms with Gasteiger partial charge in [0.15, 0.2) is 5.58 Å². The van der Waals surface area contributed by atoms with E-state index in [1.165, 1.54) is 12.1 Å². The number of aromatic nitrogens is 1. The van der Waals surface area contributed by atoms with Crippen molar-refractivity contribution in [1.29, 1.82) is 0 Å². The zero-order chi connectivity index (χ0) is 20.4. The highest BCUT2D eigenvalue weighted by Gasteiger charge is 2.18. The SMILES string of the molecule is COc1ccc(Cn2c(C(=O)NCc3ccc(F)cc3)cc3oc(C)cc32)cc1. The highest BCUT2D eigenvalue weighted by atomic mass is 19.1. The number of carbonyl (C=O) groups excluding carboxylic acids is 1. The van der Waals surface area contributed by atoms with Gasteiger partial charge in [-0.3, -0.25) is 4.79 Å². The molecule has 4 rings (SSSR count). The topological polar surface area (TPSA) is 56.4 Å². The van der Waals surface area contributed by atoms with Crippen molar-refractivity contribution in [2.45, 2.75) is 20.0 Å². The highest BCUT2D eigenvalue weighted by molar-refractivity contribution is 5.97. The Morgan fingerprint density at radius 3 is 2.45 bits per heavy atom. The smallest absolute Gasteiger partial charge is 0.268 e. The molecule has 0 fully saturated rings. The molecule has 0 radical (unpaired) electrons. The Morgan fingerprint density at radius 2 is 1.76 bits per heavy atom. The molecule has 0 aliphatic rings. The Morgan fingerprint density at radius 1 is 1.07 bits per heavy atom. The van der Waals surface area contributed by atoms with E-state index in [0.717, 1.165) is 28.2 Å². The molecule has 0 spiro atoms. The summed E-state index contributed by atoms with van der Waals surface area (Å²) in [4.78, 5) is 12.9. The van der Waals surface area contributed by atoms with Crippen molar-refractivity contribution in [1.82, 2.24) is 9.88 Å². The van der Waals surface area contributed by atoms with Crippen LogP contribution in [-0.2, 0) is 13.1 Å². The second-order valence-corrected chi connectivity index (χ2v) is 6.88. The molecule has 0 atom stereocenters. The van der Waals surface area contributed by atoms with Gasteiger partial charge in [0, 0.05) is 25.2 Å². The lowest BCUT2D eigenvalue weighted by atomic mass is 10.2. The molecule has 5 nitrogen and oxygen atoms in total. The van der Waals surface area contributed by atoms with E-state index in [9.17, 15) is 9.18 Å². The van der Waals surface area contributed by atoms with Crippen LogP contribution in [0.3, 0.4) is 0 Å². The van der Waals surface area contributed by atoms with Crippen LogP contribution in [0.5, 0.6) is 5.75 Å². The fourth-order valence-electron chi connectivity index (χ4n) is 3.31. The molecular formula is C23H21FN2O3. The molecule has 0 bridgehead atoms. The van der Waals surface area contributed by atoms with Crippen LogP contribution in [0, 0.1) is 12.7 Å². The van der Waals surface area contributed by atoms with Crippen molar-refractivity contribution < 1.29 is 18.3 Å². The minimum absolute atomic E-state index is 0.216. The maximum atomic E-state index is 13.1. The standard InChI is InChI=1S/C23H21FN2O3/c1-15-11-20-22(29-15)12-21(23(27)25-13-16-3-7-18(24)8-4-16)26(20)14-17-5-9-19(28-2)10-6-17/h3-12H,13-14H2,1-2H3,(H,25,27). The predicted octanol–water partition coefficient (Wildman–Crippen LogP) is 4.67. The molecule has 148 valence electrons. The van der Waals surface area contributed by atoms with Crippen molar-refractivity contribution in [3.05, 3.63) is 89.1 Å². The van der Waals surface area contributed by atoms with Crippen molar-refractivity contribution in [3.63, 3.8) is 0 Å². The number of aryl methyl sites for hydroxylation is 1. The third-order valence-electron chi connectivity index (χ3n) is 4.81. The number of furan rings is 1. The number of fused-ring (bicyclic) bond motifs is 1. The Kier molecular flexibility index (Phi) is 5.08. The van der Waals surface area contributed by atoms with Crippen molar-refractivity contribution in [2.75, 3.05) is 7.11 Å². The van der Waals surface area contributed by atoms with Gasteiger partial charge in [-0.15, -0.1) is 0 Å². The number of ether oxygens (including phenoxy) is 1. The summed E-state index contributed by atoms with van der Waals surface area (Å²) in [6.45, 7) is 2.71. The van der Waals surface area contributed by atoms with Gasteiger partial charge in [-0.1, -0.05) is 24.3 Å². The van der Waals surface area contributed by atoms with Crippen LogP contribution in [-0.4, -0.2) is 17.6 Å². The van der Waals surface area contributed by atoms with E-state index in [2.05, 4.69) is 5.32 Å². The summed E-state index contributed by atoms with van der Waals surface area (Å²) >= 11 is 0. The summed E-state index contributed by atoms with van der Waals surface area (Å²) in [5.41, 5.74) is 3.91. The number of methoxy groups -OCH3 is 1. The zero-order valence-corrected chi connectivity index (χ0v) is 16.2. The first kappa shape index (κ1) is 18.8. The molecule has 2 heterocycles. The van der Waals surface area contributed by atoms with Crippen LogP contribution in [0.2, 0.25) is 0 Å². The van der Waals surface area contributed by atoms with Gasteiger partial charge in [-0.2, -0.15) is 0 Å². The average molecular weight is 392 g/mol. The Labute approximate surface area is 167 Å². The fourth-order valence-corrected chi connectivity index (χ4v) is 3.31. The maximum Gasteiger partial charge on any atom is 0.268 e. The van der Waals surface area contributed by atoms with E-state index >= 15 is 0 Å². The number of benzene rings is 2. The molecule has 2 aromatic heterocycles. The van der Waals surface area contributed by atoms with Crippen LogP contribution >= 0.6 is 0 Å². The molecule has 0 unspecified atom stereocenters. The Balaban J connectivity index is 1.60. The zero-order valence-electron chi connectivity index (χ0n) is 16.2. The highest BCUT2D eigenvalue weighted by Crippen LogP contribution is 2.25. The number of amides is 1. The molecule has 1 N–H and O–H groups in total. The summed E-state index contributed by atoms with van der Waals surface area (Å²) in [6.07, 6.45) is 0. The number of rotatable bonds is 6. The van der Waals surface area contributed by atoms with Crippen LogP contribution in [0.25, 0.3) is 11.1 Å². The Bertz CT molecular complexity index is 1140. The monoisotopic (exact) mass is 392 g/mol. The number of hydrogen-bond donors (Lipinski definition) is 1. The lowest BCUT2D eigenvalue weighted by Gasteiger charge is -2.11. The van der Waals surface area contributed by atoms with Crippen molar-refractivity contribution in [2.24, 2.45) is 0 Å². The quantitative estimate of drug-likeness (QED) is 0.519. The fraction of sp³-hybridized carbons (Fsp3) is 0.174. The van der Waals surface area contributed by atoms with E-state index in [4.69, 9.17) is 9.15 Å². The summed E-state index contributed by atoms with van der Waals surface area (Å²) in [5.74, 6) is 1.05. The van der Waals surface area contributed by atoms with Gasteiger partial charge in [-0.05, 0) is 42.3 Å². The molecular weight excluding hydrogens is 371 g/mol. The van der Waals surface area contributed by atoms with Crippen LogP contribution < -0.4 is 10.1 Å². The number of halogens is 1. The van der Waals surface area contributed by atoms with E-state index < -0.39 is 0 Å². The van der Waals surface area contributed by atoms with Crippen molar-refractivity contribution in [3.8, 4) is 5.75 Å². The summed E-state index contributed by atoms with van der Waals surface area (Å²) < 4.78 is 25.9. The predicted molar refractivity (Wildman–Crippen MR) is 109 cm³/mol. The molecule has 29 heavy (non-hydrogen) atoms. The van der Waals surface area contributed by atoms with Gasteiger partial charge in [0.2, 0.25) is 0 Å². The third kappa shape index (κ3) is 4.01. The minimum Gasteiger partial charge on any atom is -0.497 e. The van der Waals surface area contributed by atoms with Crippen LogP contribution in [0.1, 0.15) is 27.4 Å². The lowest BCUT2D eigenvalue weighted by molar-refractivity contribution is 0.0942. The molecule has 4 aromatic rings. The van der Waals surface area contributed by atoms with Gasteiger partial charge < -0.3 is 19.0 Å². The lowest BCUT2D eigenvalue weighted by Crippen LogP contribution is -2.25. The maximum absolute atomic E-state index is 13.1. The van der Waals surface area contributed by atoms with Gasteiger partial charge in [0.05, 0.1) is 12.6 Å². The number of hydrogen-bond acceptors (Lipinski definition) is 3. The second-order valence-electron chi connectivity index (χ2n) is 6.88. The number of nitrogens with one attached hydrogen (secondary N) is 1. The first-order chi connectivity index (χ1) is 14.0. The second kappa shape index (κ2) is 7.83. The average Bonchev–Trinajstić information content (AvgIpc) is 3.25. The van der Waals surface area contributed by atoms with E-state index in [-0.39, 0.29) is 11.7 Å². The van der Waals surface area contributed by atoms with Crippen LogP contribution in [0.15, 0.2) is 65.1 Å². The summed E-state index contributed by atoms with van der Waals surface area (Å²) in [7, 11) is 1.63. The third-order valence-corrected chi connectivity index (χ3v) is 4.81. The Hall–Kier alpha value is -3.54. The summed E-state index contributed by atoms with van der Waals surface area (Å²) in [5, 5.41) is 2.90. The van der Waals surface area contributed by atoms with Gasteiger partial charge in [0.1, 0.15) is 23.0 Å². The summed E-state index contributed by atoms with van der Waals surface area (Å²) in [6, 6.07) is 17.5. The minimum atomic E-state index is -0.302. The van der Waals surface area contributed by atoms with Crippen LogP contribution in [0.4, 0.5) is 4.39 Å². The molecule has 0 saturated heterocycles. The van der Waals surface area contributed by atoms with E-state index in [0.29, 0.717) is 24.4 Å². The molecule has 0 aliphatic heterocycles. The van der Waals surface area contributed by atoms with Crippen molar-refractivity contribution >= 4 is 17.0 Å². The number of nitrogens with zero attached hydrogens (tertiary/aromatic N) is 1. The molecule has 0 saturated carbocycles. The number of carbonyl (C=O) groups is 1. The first-order valence-electron chi connectivity index (χ1n) is 9.29. The van der Waals surface area contributed by atoms with Gasteiger partial charge >= 0.3 is 0 Å². The molecule has 2 aromatic carbocycles. The van der Waals surface area contributed by atoms with Gasteiger partial charge in [-0.25, -0.2) is 4.39 Å². The molecule has 0 aliphatic carbocycles. The normalized spacial score (nSPS) is 11.0. The largest absolute Gasteiger partial charge is 0.497 e. The first-order valence-corrected chi connectivity index (χ1v) is 9.29.